The standard InChI is InChI=1S/C29H33N9O3S/c1-29(2,39)23-9-12-37(13-10-23)25-14-27(31-16-21(25)5-4-20-15-32-36(3)18-20)34-26-8-11-30-28(35-26)22-17-33-38(19-22)42(40,41)24-6-7-24/h8,11,14-19,23-24,39H,6-7,9-10,12-13H2,1-3H3,(H,30,31,34,35). The van der Waals surface area contributed by atoms with Crippen molar-refractivity contribution in [3.05, 3.63) is 60.4 Å². The Balaban J connectivity index is 1.26. The molecule has 0 atom stereocenters. The highest BCUT2D eigenvalue weighted by Gasteiger charge is 2.37. The van der Waals surface area contributed by atoms with Gasteiger partial charge in [0.1, 0.15) is 11.6 Å². The van der Waals surface area contributed by atoms with Gasteiger partial charge in [0.25, 0.3) is 10.0 Å². The van der Waals surface area contributed by atoms with Gasteiger partial charge in [-0.2, -0.15) is 14.3 Å². The zero-order valence-corrected chi connectivity index (χ0v) is 24.6. The Morgan fingerprint density at radius 3 is 2.48 bits per heavy atom. The first-order chi connectivity index (χ1) is 20.1. The quantitative estimate of drug-likeness (QED) is 0.310. The van der Waals surface area contributed by atoms with E-state index in [1.807, 2.05) is 33.2 Å². The van der Waals surface area contributed by atoms with E-state index in [9.17, 15) is 13.5 Å². The summed E-state index contributed by atoms with van der Waals surface area (Å²) in [5.74, 6) is 8.10. The molecule has 0 aromatic carbocycles. The number of nitrogens with zero attached hydrogens (tertiary/aromatic N) is 8. The van der Waals surface area contributed by atoms with Crippen molar-refractivity contribution >= 4 is 27.3 Å². The minimum Gasteiger partial charge on any atom is -0.390 e. The first-order valence-corrected chi connectivity index (χ1v) is 15.4. The SMILES string of the molecule is Cn1cc(C#Cc2cnc(Nc3ccnc(-c4cnn(S(=O)(=O)C5CC5)c4)n3)cc2N2CCC(C(C)(C)O)CC2)cn1. The highest BCUT2D eigenvalue weighted by Crippen LogP contribution is 2.33. The molecule has 1 saturated heterocycles. The second-order valence-electron chi connectivity index (χ2n) is 11.4. The van der Waals surface area contributed by atoms with E-state index in [4.69, 9.17) is 0 Å². The molecule has 4 aromatic rings. The first-order valence-electron chi connectivity index (χ1n) is 13.9. The summed E-state index contributed by atoms with van der Waals surface area (Å²) in [5.41, 5.74) is 2.33. The van der Waals surface area contributed by atoms with Crippen LogP contribution in [0.15, 0.2) is 49.3 Å². The van der Waals surface area contributed by atoms with Gasteiger partial charge in [0.05, 0.1) is 51.8 Å². The molecule has 6 rings (SSSR count). The second kappa shape index (κ2) is 10.8. The summed E-state index contributed by atoms with van der Waals surface area (Å²) in [5, 5.41) is 21.7. The molecular formula is C29H33N9O3S. The van der Waals surface area contributed by atoms with Crippen LogP contribution >= 0.6 is 0 Å². The monoisotopic (exact) mass is 587 g/mol. The molecular weight excluding hydrogens is 554 g/mol. The summed E-state index contributed by atoms with van der Waals surface area (Å²) in [6.07, 6.45) is 12.9. The lowest BCUT2D eigenvalue weighted by molar-refractivity contribution is 0.00651. The lowest BCUT2D eigenvalue weighted by Gasteiger charge is -2.39. The van der Waals surface area contributed by atoms with E-state index >= 15 is 0 Å². The fourth-order valence-corrected chi connectivity index (χ4v) is 6.58. The number of anilines is 3. The number of piperidine rings is 1. The van der Waals surface area contributed by atoms with Crippen molar-refractivity contribution < 1.29 is 13.5 Å². The molecule has 0 unspecified atom stereocenters. The van der Waals surface area contributed by atoms with Crippen molar-refractivity contribution in [1.82, 2.24) is 33.9 Å². The number of aromatic nitrogens is 7. The van der Waals surface area contributed by atoms with Crippen LogP contribution in [-0.4, -0.2) is 71.4 Å². The van der Waals surface area contributed by atoms with Gasteiger partial charge in [-0.3, -0.25) is 4.68 Å². The minimum atomic E-state index is -3.47. The van der Waals surface area contributed by atoms with Crippen LogP contribution in [0.3, 0.4) is 0 Å². The Morgan fingerprint density at radius 2 is 1.79 bits per heavy atom. The van der Waals surface area contributed by atoms with Gasteiger partial charge in [0.15, 0.2) is 5.82 Å². The zero-order chi connectivity index (χ0) is 29.5. The van der Waals surface area contributed by atoms with Gasteiger partial charge >= 0.3 is 0 Å². The normalized spacial score (nSPS) is 16.2. The van der Waals surface area contributed by atoms with E-state index in [0.29, 0.717) is 35.9 Å². The molecule has 0 bridgehead atoms. The minimum absolute atomic E-state index is 0.223. The molecule has 2 fully saturated rings. The molecule has 0 amide bonds. The smallest absolute Gasteiger partial charge is 0.256 e. The number of pyridine rings is 1. The van der Waals surface area contributed by atoms with Gasteiger partial charge in [-0.1, -0.05) is 11.8 Å². The number of nitrogens with one attached hydrogen (secondary N) is 1. The molecule has 0 spiro atoms. The van der Waals surface area contributed by atoms with E-state index in [-0.39, 0.29) is 11.2 Å². The molecule has 4 aromatic heterocycles. The Bertz CT molecular complexity index is 1770. The van der Waals surface area contributed by atoms with Gasteiger partial charge in [-0.05, 0) is 51.5 Å². The number of aliphatic hydroxyl groups is 1. The highest BCUT2D eigenvalue weighted by molar-refractivity contribution is 7.90. The molecule has 1 aliphatic heterocycles. The summed E-state index contributed by atoms with van der Waals surface area (Å²) >= 11 is 0. The number of aryl methyl sites for hydroxylation is 1. The fourth-order valence-electron chi connectivity index (χ4n) is 5.10. The predicted molar refractivity (Wildman–Crippen MR) is 159 cm³/mol. The molecule has 2 aliphatic rings. The van der Waals surface area contributed by atoms with Crippen molar-refractivity contribution in [3.8, 4) is 23.2 Å². The zero-order valence-electron chi connectivity index (χ0n) is 23.8. The van der Waals surface area contributed by atoms with Crippen molar-refractivity contribution in [2.45, 2.75) is 50.4 Å². The van der Waals surface area contributed by atoms with Crippen LogP contribution in [0.1, 0.15) is 50.7 Å². The van der Waals surface area contributed by atoms with E-state index in [0.717, 1.165) is 46.8 Å². The Kier molecular flexibility index (Phi) is 7.20. The van der Waals surface area contributed by atoms with Crippen LogP contribution in [0.25, 0.3) is 11.4 Å². The van der Waals surface area contributed by atoms with Crippen molar-refractivity contribution in [3.63, 3.8) is 0 Å². The maximum absolute atomic E-state index is 12.5. The van der Waals surface area contributed by atoms with Crippen LogP contribution in [0.4, 0.5) is 17.3 Å². The third-order valence-corrected chi connectivity index (χ3v) is 9.73. The van der Waals surface area contributed by atoms with Crippen molar-refractivity contribution in [1.29, 1.82) is 0 Å². The molecule has 1 saturated carbocycles. The molecule has 42 heavy (non-hydrogen) atoms. The highest BCUT2D eigenvalue weighted by atomic mass is 32.2. The van der Waals surface area contributed by atoms with Gasteiger partial charge < -0.3 is 15.3 Å². The molecule has 2 N–H and O–H groups in total. The maximum Gasteiger partial charge on any atom is 0.256 e. The molecule has 218 valence electrons. The van der Waals surface area contributed by atoms with Gasteiger partial charge in [-0.25, -0.2) is 23.4 Å². The molecule has 13 heteroatoms. The topological polar surface area (TPSA) is 144 Å². The molecule has 12 nitrogen and oxygen atoms in total. The third-order valence-electron chi connectivity index (χ3n) is 7.70. The average molecular weight is 588 g/mol. The van der Waals surface area contributed by atoms with Crippen molar-refractivity contribution in [2.75, 3.05) is 23.3 Å². The fraction of sp³-hybridized carbons (Fsp3) is 0.414. The Hall–Kier alpha value is -4.28. The van der Waals surface area contributed by atoms with Crippen LogP contribution < -0.4 is 10.2 Å². The van der Waals surface area contributed by atoms with Crippen LogP contribution in [0, 0.1) is 17.8 Å². The van der Waals surface area contributed by atoms with Gasteiger partial charge in [-0.15, -0.1) is 0 Å². The van der Waals surface area contributed by atoms with Crippen LogP contribution in [0.2, 0.25) is 0 Å². The lowest BCUT2D eigenvalue weighted by Crippen LogP contribution is -2.42. The van der Waals surface area contributed by atoms with Gasteiger partial charge in [0, 0.05) is 44.8 Å². The second-order valence-corrected chi connectivity index (χ2v) is 13.5. The first kappa shape index (κ1) is 27.9. The summed E-state index contributed by atoms with van der Waals surface area (Å²) in [6, 6.07) is 3.68. The Morgan fingerprint density at radius 1 is 1.00 bits per heavy atom. The van der Waals surface area contributed by atoms with E-state index < -0.39 is 15.6 Å². The molecule has 5 heterocycles. The Labute approximate surface area is 244 Å². The van der Waals surface area contributed by atoms with E-state index in [1.165, 1.54) is 12.4 Å². The number of rotatable bonds is 7. The van der Waals surface area contributed by atoms with Gasteiger partial charge in [0.2, 0.25) is 0 Å². The average Bonchev–Trinajstić information content (AvgIpc) is 3.57. The molecule has 0 radical (unpaired) electrons. The van der Waals surface area contributed by atoms with Crippen LogP contribution in [0.5, 0.6) is 0 Å². The lowest BCUT2D eigenvalue weighted by atomic mass is 9.83. The van der Waals surface area contributed by atoms with E-state index in [1.54, 1.807) is 29.3 Å². The van der Waals surface area contributed by atoms with E-state index in [2.05, 4.69) is 47.2 Å². The number of hydrogen-bond donors (Lipinski definition) is 2. The summed E-state index contributed by atoms with van der Waals surface area (Å²) < 4.78 is 27.8. The summed E-state index contributed by atoms with van der Waals surface area (Å²) in [4.78, 5) is 15.8. The van der Waals surface area contributed by atoms with Crippen molar-refractivity contribution in [2.24, 2.45) is 13.0 Å². The maximum atomic E-state index is 12.5. The largest absolute Gasteiger partial charge is 0.390 e. The predicted octanol–water partition coefficient (Wildman–Crippen LogP) is 2.94. The summed E-state index contributed by atoms with van der Waals surface area (Å²) in [6.45, 7) is 5.31. The third kappa shape index (κ3) is 6.00. The molecule has 1 aliphatic carbocycles. The van der Waals surface area contributed by atoms with Crippen LogP contribution in [-0.2, 0) is 17.1 Å². The number of hydrogen-bond acceptors (Lipinski definition) is 10. The summed E-state index contributed by atoms with van der Waals surface area (Å²) in [7, 11) is -1.62.